The highest BCUT2D eigenvalue weighted by Crippen LogP contribution is 2.31. The zero-order valence-electron chi connectivity index (χ0n) is 39.6. The van der Waals surface area contributed by atoms with Gasteiger partial charge in [-0.05, 0) is 71.8 Å². The Bertz CT molecular complexity index is 2190. The van der Waals surface area contributed by atoms with Gasteiger partial charge in [-0.25, -0.2) is 0 Å². The number of carbonyl (C=O) groups excluding carboxylic acids is 4. The SMILES string of the molecule is CC(=O)OC[C@H]1O[C@@H](OCCc2cc(OCc3ccccc3)cc(OCc3ccccc3)c2)[C@H](OC(C)=O)[C@@H](OC(C)=O)[C@@H]1OC(C)=O.Cc1cc(O)cc(CCO[C@@H]2O[C@H](CO)[C@@H](O)[C@H](O)[C@H]2O)c1. The second-order valence-corrected chi connectivity index (χ2v) is 16.5. The molecule has 0 bridgehead atoms. The zero-order valence-corrected chi connectivity index (χ0v) is 39.6. The topological polar surface area (TPSA) is 262 Å². The van der Waals surface area contributed by atoms with E-state index in [1.54, 1.807) is 12.1 Å². The van der Waals surface area contributed by atoms with E-state index in [-0.39, 0.29) is 25.6 Å². The number of carbonyl (C=O) groups is 4. The third-order valence-electron chi connectivity index (χ3n) is 10.7. The standard InChI is InChI=1S/C36H40O12.C15H22O7/c1-23(37)42-22-32-33(45-24(2)38)34(46-25(3)39)35(47-26(4)40)36(48-32)41-16-15-29-17-30(43-20-27-11-7-5-8-12-27)19-31(18-29)44-21-28-13-9-6-10-14-28;1-8-4-9(6-10(17)5-8)2-3-21-15-14(20)13(19)12(18)11(7-16)22-15/h5-14,17-19,32-36H,15-16,20-22H2,1-4H3;4-6,11-20H,2-3,7H2,1H3/t32-,33-,34+,35-,36-;11-,12-,13+,14-,15-/m11/s1. The van der Waals surface area contributed by atoms with Crippen LogP contribution in [0.1, 0.15) is 55.5 Å². The van der Waals surface area contributed by atoms with Gasteiger partial charge in [-0.15, -0.1) is 0 Å². The zero-order chi connectivity index (χ0) is 50.7. The van der Waals surface area contributed by atoms with E-state index < -0.39 is 91.9 Å². The van der Waals surface area contributed by atoms with E-state index in [1.807, 2.05) is 91.9 Å². The monoisotopic (exact) mass is 978 g/mol. The molecular weight excluding hydrogens is 917 g/mol. The molecule has 2 aliphatic rings. The first-order chi connectivity index (χ1) is 33.5. The van der Waals surface area contributed by atoms with Crippen LogP contribution in [0.15, 0.2) is 97.1 Å². The minimum atomic E-state index is -1.45. The predicted molar refractivity (Wildman–Crippen MR) is 246 cm³/mol. The van der Waals surface area contributed by atoms with Gasteiger partial charge in [-0.3, -0.25) is 19.2 Å². The second-order valence-electron chi connectivity index (χ2n) is 16.5. The fraction of sp³-hybridized carbons (Fsp3) is 0.451. The van der Waals surface area contributed by atoms with Gasteiger partial charge < -0.3 is 72.9 Å². The smallest absolute Gasteiger partial charge is 0.303 e. The molecule has 0 radical (unpaired) electrons. The van der Waals surface area contributed by atoms with Crippen molar-refractivity contribution in [3.8, 4) is 17.2 Å². The Labute approximate surface area is 405 Å². The number of phenols is 1. The van der Waals surface area contributed by atoms with E-state index >= 15 is 0 Å². The first-order valence-corrected chi connectivity index (χ1v) is 22.6. The van der Waals surface area contributed by atoms with E-state index in [9.17, 15) is 39.6 Å². The van der Waals surface area contributed by atoms with Gasteiger partial charge in [0, 0.05) is 33.8 Å². The van der Waals surface area contributed by atoms with E-state index in [0.29, 0.717) is 37.6 Å². The molecule has 0 aromatic heterocycles. The quantitative estimate of drug-likeness (QED) is 0.0626. The summed E-state index contributed by atoms with van der Waals surface area (Å²) in [5.41, 5.74) is 4.60. The third-order valence-corrected chi connectivity index (χ3v) is 10.7. The number of aliphatic hydroxyl groups excluding tert-OH is 4. The van der Waals surface area contributed by atoms with Gasteiger partial charge in [0.15, 0.2) is 30.9 Å². The molecule has 5 N–H and O–H groups in total. The highest BCUT2D eigenvalue weighted by Gasteiger charge is 2.53. The normalized spacial score (nSPS) is 24.0. The fourth-order valence-corrected chi connectivity index (χ4v) is 7.52. The summed E-state index contributed by atoms with van der Waals surface area (Å²) in [7, 11) is 0. The molecule has 2 heterocycles. The molecular formula is C51H62O19. The highest BCUT2D eigenvalue weighted by molar-refractivity contribution is 5.68. The molecule has 0 unspecified atom stereocenters. The third kappa shape index (κ3) is 17.4. The lowest BCUT2D eigenvalue weighted by molar-refractivity contribution is -0.307. The van der Waals surface area contributed by atoms with Gasteiger partial charge in [0.05, 0.1) is 19.8 Å². The molecule has 2 aliphatic heterocycles. The molecule has 2 fully saturated rings. The van der Waals surface area contributed by atoms with E-state index in [1.165, 1.54) is 13.8 Å². The molecule has 0 aliphatic carbocycles. The summed E-state index contributed by atoms with van der Waals surface area (Å²) in [5, 5.41) is 47.7. The van der Waals surface area contributed by atoms with Crippen molar-refractivity contribution in [2.24, 2.45) is 0 Å². The number of aliphatic hydroxyl groups is 4. The van der Waals surface area contributed by atoms with Crippen molar-refractivity contribution < 1.29 is 92.1 Å². The van der Waals surface area contributed by atoms with Crippen LogP contribution in [-0.2, 0) is 83.1 Å². The molecule has 70 heavy (non-hydrogen) atoms. The molecule has 2 saturated heterocycles. The number of phenolic OH excluding ortho intramolecular Hbond substituents is 1. The van der Waals surface area contributed by atoms with Gasteiger partial charge >= 0.3 is 23.9 Å². The van der Waals surface area contributed by atoms with Crippen molar-refractivity contribution in [2.75, 3.05) is 26.4 Å². The number of aromatic hydroxyl groups is 1. The molecule has 4 aromatic carbocycles. The summed E-state index contributed by atoms with van der Waals surface area (Å²) in [4.78, 5) is 47.8. The van der Waals surface area contributed by atoms with Gasteiger partial charge in [0.1, 0.15) is 67.6 Å². The first kappa shape index (κ1) is 54.8. The Hall–Kier alpha value is -6.16. The van der Waals surface area contributed by atoms with Crippen LogP contribution in [0.3, 0.4) is 0 Å². The van der Waals surface area contributed by atoms with Crippen LogP contribution >= 0.6 is 0 Å². The largest absolute Gasteiger partial charge is 0.508 e. The number of ether oxygens (including phenoxy) is 10. The van der Waals surface area contributed by atoms with Crippen LogP contribution in [-0.4, -0.2) is 137 Å². The Morgan fingerprint density at radius 3 is 1.56 bits per heavy atom. The maximum atomic E-state index is 12.1. The van der Waals surface area contributed by atoms with Crippen molar-refractivity contribution in [2.45, 2.75) is 122 Å². The molecule has 4 aromatic rings. The number of benzene rings is 4. The lowest BCUT2D eigenvalue weighted by Crippen LogP contribution is -2.63. The Balaban J connectivity index is 0.000000345. The van der Waals surface area contributed by atoms with Crippen molar-refractivity contribution in [3.05, 3.63) is 125 Å². The van der Waals surface area contributed by atoms with Gasteiger partial charge in [-0.1, -0.05) is 66.7 Å². The Morgan fingerprint density at radius 1 is 0.543 bits per heavy atom. The Kier molecular flexibility index (Phi) is 21.4. The molecule has 6 rings (SSSR count). The fourth-order valence-electron chi connectivity index (χ4n) is 7.52. The van der Waals surface area contributed by atoms with Crippen LogP contribution in [0.2, 0.25) is 0 Å². The summed E-state index contributed by atoms with van der Waals surface area (Å²) in [6, 6.07) is 30.2. The van der Waals surface area contributed by atoms with E-state index in [2.05, 4.69) is 0 Å². The van der Waals surface area contributed by atoms with Crippen LogP contribution in [0.4, 0.5) is 0 Å². The summed E-state index contributed by atoms with van der Waals surface area (Å²) < 4.78 is 56.5. The number of hydrogen-bond donors (Lipinski definition) is 5. The number of esters is 4. The number of aryl methyl sites for hydroxylation is 1. The van der Waals surface area contributed by atoms with Crippen molar-refractivity contribution in [1.82, 2.24) is 0 Å². The summed E-state index contributed by atoms with van der Waals surface area (Å²) >= 11 is 0. The maximum absolute atomic E-state index is 12.1. The average molecular weight is 979 g/mol. The molecule has 380 valence electrons. The minimum absolute atomic E-state index is 0.0496. The first-order valence-electron chi connectivity index (χ1n) is 22.6. The summed E-state index contributed by atoms with van der Waals surface area (Å²) in [6.45, 7) is 6.66. The van der Waals surface area contributed by atoms with Crippen molar-refractivity contribution in [3.63, 3.8) is 0 Å². The van der Waals surface area contributed by atoms with Gasteiger partial charge in [0.2, 0.25) is 0 Å². The van der Waals surface area contributed by atoms with Crippen LogP contribution in [0, 0.1) is 6.92 Å². The van der Waals surface area contributed by atoms with Gasteiger partial charge in [-0.2, -0.15) is 0 Å². The van der Waals surface area contributed by atoms with E-state index in [0.717, 1.165) is 41.7 Å². The summed E-state index contributed by atoms with van der Waals surface area (Å²) in [6.07, 6.45) is -11.8. The van der Waals surface area contributed by atoms with Gasteiger partial charge in [0.25, 0.3) is 0 Å². The molecule has 19 nitrogen and oxygen atoms in total. The van der Waals surface area contributed by atoms with E-state index in [4.69, 9.17) is 52.5 Å². The van der Waals surface area contributed by atoms with Crippen molar-refractivity contribution in [1.29, 1.82) is 0 Å². The molecule has 0 saturated carbocycles. The number of rotatable bonds is 20. The van der Waals surface area contributed by atoms with Crippen LogP contribution in [0.25, 0.3) is 0 Å². The highest BCUT2D eigenvalue weighted by atomic mass is 16.7. The average Bonchev–Trinajstić information content (AvgIpc) is 3.31. The van der Waals surface area contributed by atoms with Crippen LogP contribution < -0.4 is 9.47 Å². The van der Waals surface area contributed by atoms with Crippen molar-refractivity contribution >= 4 is 23.9 Å². The predicted octanol–water partition coefficient (Wildman–Crippen LogP) is 3.55. The molecule has 19 heteroatoms. The number of hydrogen-bond acceptors (Lipinski definition) is 19. The molecule has 0 amide bonds. The summed E-state index contributed by atoms with van der Waals surface area (Å²) in [5.74, 6) is -1.41. The molecule has 10 atom stereocenters. The lowest BCUT2D eigenvalue weighted by atomic mass is 9.98. The molecule has 0 spiro atoms. The second kappa shape index (κ2) is 27.3. The minimum Gasteiger partial charge on any atom is -0.508 e. The Morgan fingerprint density at radius 2 is 1.04 bits per heavy atom. The maximum Gasteiger partial charge on any atom is 0.303 e. The lowest BCUT2D eigenvalue weighted by Gasteiger charge is -2.44. The van der Waals surface area contributed by atoms with Crippen LogP contribution in [0.5, 0.6) is 17.2 Å².